The van der Waals surface area contributed by atoms with E-state index in [4.69, 9.17) is 0 Å². The van der Waals surface area contributed by atoms with Crippen LogP contribution in [0.5, 0.6) is 0 Å². The van der Waals surface area contributed by atoms with Crippen LogP contribution in [-0.4, -0.2) is 31.7 Å². The van der Waals surface area contributed by atoms with E-state index in [1.54, 1.807) is 18.2 Å². The van der Waals surface area contributed by atoms with E-state index in [1.165, 1.54) is 11.0 Å². The van der Waals surface area contributed by atoms with E-state index >= 15 is 0 Å². The fourth-order valence-electron chi connectivity index (χ4n) is 1.48. The van der Waals surface area contributed by atoms with Crippen LogP contribution >= 0.6 is 0 Å². The number of hydrogen-bond acceptors (Lipinski definition) is 4. The first-order valence-corrected chi connectivity index (χ1v) is 5.62. The molecule has 0 atom stereocenters. The van der Waals surface area contributed by atoms with E-state index in [0.717, 1.165) is 5.69 Å². The standard InChI is InChI=1S/C12H15N5O/c1-12(2,3)14-11(18)9-5-4-6-10(7-9)17-8-13-15-16-17/h4-8H,1-3H3,(H,14,18). The lowest BCUT2D eigenvalue weighted by Crippen LogP contribution is -2.40. The van der Waals surface area contributed by atoms with Crippen LogP contribution in [0.15, 0.2) is 30.6 Å². The zero-order valence-electron chi connectivity index (χ0n) is 10.6. The number of nitrogens with one attached hydrogen (secondary N) is 1. The molecule has 0 fully saturated rings. The molecule has 6 heteroatoms. The van der Waals surface area contributed by atoms with Crippen LogP contribution in [0.3, 0.4) is 0 Å². The molecule has 0 spiro atoms. The molecule has 1 amide bonds. The molecule has 0 saturated carbocycles. The Kier molecular flexibility index (Phi) is 3.10. The van der Waals surface area contributed by atoms with Crippen LogP contribution in [0.2, 0.25) is 0 Å². The Morgan fingerprint density at radius 1 is 1.33 bits per heavy atom. The molecule has 0 aliphatic carbocycles. The van der Waals surface area contributed by atoms with Gasteiger partial charge in [0.15, 0.2) is 0 Å². The number of carbonyl (C=O) groups is 1. The van der Waals surface area contributed by atoms with Crippen molar-refractivity contribution in [2.45, 2.75) is 26.3 Å². The Labute approximate surface area is 105 Å². The van der Waals surface area contributed by atoms with E-state index in [2.05, 4.69) is 20.8 Å². The summed E-state index contributed by atoms with van der Waals surface area (Å²) in [6.07, 6.45) is 1.49. The summed E-state index contributed by atoms with van der Waals surface area (Å²) in [5, 5.41) is 13.8. The van der Waals surface area contributed by atoms with Crippen molar-refractivity contribution in [3.05, 3.63) is 36.2 Å². The summed E-state index contributed by atoms with van der Waals surface area (Å²) in [5.74, 6) is -0.113. The van der Waals surface area contributed by atoms with Gasteiger partial charge in [0.25, 0.3) is 5.91 Å². The molecule has 0 aliphatic rings. The van der Waals surface area contributed by atoms with Crippen molar-refractivity contribution < 1.29 is 4.79 Å². The fraction of sp³-hybridized carbons (Fsp3) is 0.333. The number of amides is 1. The summed E-state index contributed by atoms with van der Waals surface area (Å²) < 4.78 is 1.51. The summed E-state index contributed by atoms with van der Waals surface area (Å²) in [6, 6.07) is 7.14. The molecule has 0 radical (unpaired) electrons. The molecule has 1 aromatic heterocycles. The summed E-state index contributed by atoms with van der Waals surface area (Å²) in [7, 11) is 0. The maximum Gasteiger partial charge on any atom is 0.251 e. The number of nitrogens with zero attached hydrogens (tertiary/aromatic N) is 4. The van der Waals surface area contributed by atoms with Gasteiger partial charge in [0.05, 0.1) is 5.69 Å². The second-order valence-corrected chi connectivity index (χ2v) is 5.01. The summed E-state index contributed by atoms with van der Waals surface area (Å²) in [5.41, 5.74) is 1.07. The minimum atomic E-state index is -0.262. The van der Waals surface area contributed by atoms with Gasteiger partial charge in [-0.2, -0.15) is 0 Å². The number of benzene rings is 1. The highest BCUT2D eigenvalue weighted by molar-refractivity contribution is 5.95. The Bertz CT molecular complexity index is 542. The molecular formula is C12H15N5O. The van der Waals surface area contributed by atoms with Crippen LogP contribution in [0.25, 0.3) is 5.69 Å². The highest BCUT2D eigenvalue weighted by Gasteiger charge is 2.15. The lowest BCUT2D eigenvalue weighted by molar-refractivity contribution is 0.0919. The quantitative estimate of drug-likeness (QED) is 0.862. The van der Waals surface area contributed by atoms with E-state index in [-0.39, 0.29) is 11.4 Å². The third kappa shape index (κ3) is 2.91. The first-order valence-electron chi connectivity index (χ1n) is 5.62. The maximum atomic E-state index is 12.0. The summed E-state index contributed by atoms with van der Waals surface area (Å²) in [6.45, 7) is 5.82. The molecule has 0 saturated heterocycles. The Hall–Kier alpha value is -2.24. The van der Waals surface area contributed by atoms with Crippen LogP contribution in [0.4, 0.5) is 0 Å². The number of tetrazole rings is 1. The molecule has 2 rings (SSSR count). The normalized spacial score (nSPS) is 11.3. The molecule has 1 aromatic carbocycles. The van der Waals surface area contributed by atoms with Crippen molar-refractivity contribution in [2.24, 2.45) is 0 Å². The number of rotatable bonds is 2. The first-order chi connectivity index (χ1) is 8.46. The molecule has 94 valence electrons. The maximum absolute atomic E-state index is 12.0. The third-order valence-corrected chi connectivity index (χ3v) is 2.21. The Morgan fingerprint density at radius 2 is 2.11 bits per heavy atom. The molecule has 18 heavy (non-hydrogen) atoms. The van der Waals surface area contributed by atoms with E-state index in [1.807, 2.05) is 26.8 Å². The molecule has 6 nitrogen and oxygen atoms in total. The topological polar surface area (TPSA) is 72.7 Å². The second kappa shape index (κ2) is 4.56. The van der Waals surface area contributed by atoms with Gasteiger partial charge >= 0.3 is 0 Å². The molecule has 0 bridgehead atoms. The van der Waals surface area contributed by atoms with Crippen molar-refractivity contribution >= 4 is 5.91 Å². The van der Waals surface area contributed by atoms with Crippen molar-refractivity contribution in [3.63, 3.8) is 0 Å². The lowest BCUT2D eigenvalue weighted by Gasteiger charge is -2.20. The molecule has 0 unspecified atom stereocenters. The monoisotopic (exact) mass is 245 g/mol. The van der Waals surface area contributed by atoms with E-state index < -0.39 is 0 Å². The predicted molar refractivity (Wildman–Crippen MR) is 66.4 cm³/mol. The molecule has 1 N–H and O–H groups in total. The minimum Gasteiger partial charge on any atom is -0.347 e. The van der Waals surface area contributed by atoms with Crippen LogP contribution < -0.4 is 5.32 Å². The smallest absolute Gasteiger partial charge is 0.251 e. The van der Waals surface area contributed by atoms with Gasteiger partial charge in [-0.3, -0.25) is 4.79 Å². The third-order valence-electron chi connectivity index (χ3n) is 2.21. The van der Waals surface area contributed by atoms with Gasteiger partial charge in [-0.25, -0.2) is 4.68 Å². The van der Waals surface area contributed by atoms with E-state index in [0.29, 0.717) is 5.56 Å². The minimum absolute atomic E-state index is 0.113. The SMILES string of the molecule is CC(C)(C)NC(=O)c1cccc(-n2cnnn2)c1. The van der Waals surface area contributed by atoms with Crippen LogP contribution in [0.1, 0.15) is 31.1 Å². The second-order valence-electron chi connectivity index (χ2n) is 5.01. The predicted octanol–water partition coefficient (Wildman–Crippen LogP) is 1.19. The zero-order valence-corrected chi connectivity index (χ0v) is 10.6. The summed E-state index contributed by atoms with van der Waals surface area (Å²) >= 11 is 0. The highest BCUT2D eigenvalue weighted by Crippen LogP contribution is 2.10. The largest absolute Gasteiger partial charge is 0.347 e. The lowest BCUT2D eigenvalue weighted by atomic mass is 10.1. The molecular weight excluding hydrogens is 230 g/mol. The van der Waals surface area contributed by atoms with Crippen molar-refractivity contribution in [1.29, 1.82) is 0 Å². The van der Waals surface area contributed by atoms with Gasteiger partial charge in [-0.05, 0) is 49.4 Å². The zero-order chi connectivity index (χ0) is 13.2. The van der Waals surface area contributed by atoms with Crippen LogP contribution in [-0.2, 0) is 0 Å². The number of carbonyl (C=O) groups excluding carboxylic acids is 1. The van der Waals surface area contributed by atoms with Gasteiger partial charge in [0.1, 0.15) is 6.33 Å². The van der Waals surface area contributed by atoms with Gasteiger partial charge < -0.3 is 5.32 Å². The fourth-order valence-corrected chi connectivity index (χ4v) is 1.48. The van der Waals surface area contributed by atoms with E-state index in [9.17, 15) is 4.79 Å². The van der Waals surface area contributed by atoms with Gasteiger partial charge in [0.2, 0.25) is 0 Å². The van der Waals surface area contributed by atoms with Crippen LogP contribution in [0, 0.1) is 0 Å². The van der Waals surface area contributed by atoms with Gasteiger partial charge in [0, 0.05) is 11.1 Å². The van der Waals surface area contributed by atoms with Crippen molar-refractivity contribution in [2.75, 3.05) is 0 Å². The molecule has 0 aliphatic heterocycles. The number of hydrogen-bond donors (Lipinski definition) is 1. The van der Waals surface area contributed by atoms with Crippen molar-refractivity contribution in [3.8, 4) is 5.69 Å². The highest BCUT2D eigenvalue weighted by atomic mass is 16.1. The van der Waals surface area contributed by atoms with Gasteiger partial charge in [-0.15, -0.1) is 5.10 Å². The number of aromatic nitrogens is 4. The Morgan fingerprint density at radius 3 is 2.72 bits per heavy atom. The van der Waals surface area contributed by atoms with Gasteiger partial charge in [-0.1, -0.05) is 6.07 Å². The molecule has 1 heterocycles. The summed E-state index contributed by atoms with van der Waals surface area (Å²) in [4.78, 5) is 12.0. The average Bonchev–Trinajstić information content (AvgIpc) is 2.80. The first kappa shape index (κ1) is 12.2. The molecule has 2 aromatic rings. The van der Waals surface area contributed by atoms with Crippen molar-refractivity contribution in [1.82, 2.24) is 25.5 Å². The average molecular weight is 245 g/mol. The Balaban J connectivity index is 2.25.